The number of aromatic amines is 1. The van der Waals surface area contributed by atoms with Crippen molar-refractivity contribution in [1.29, 1.82) is 0 Å². The lowest BCUT2D eigenvalue weighted by Gasteiger charge is -2.16. The lowest BCUT2D eigenvalue weighted by Crippen LogP contribution is -2.29. The van der Waals surface area contributed by atoms with Gasteiger partial charge >= 0.3 is 5.97 Å². The number of hydrogen-bond donors (Lipinski definition) is 3. The molecule has 1 atom stereocenters. The highest BCUT2D eigenvalue weighted by Crippen LogP contribution is 2.29. The van der Waals surface area contributed by atoms with Gasteiger partial charge in [-0.1, -0.05) is 77.8 Å². The van der Waals surface area contributed by atoms with Crippen molar-refractivity contribution in [1.82, 2.24) is 35.5 Å². The third kappa shape index (κ3) is 7.28. The van der Waals surface area contributed by atoms with Crippen LogP contribution < -0.4 is 5.32 Å². The Bertz CT molecular complexity index is 1700. The first kappa shape index (κ1) is 28.7. The third-order valence-corrected chi connectivity index (χ3v) is 6.97. The molecule has 3 aromatic carbocycles. The van der Waals surface area contributed by atoms with E-state index in [1.165, 1.54) is 17.1 Å². The first-order valence-corrected chi connectivity index (χ1v) is 13.7. The van der Waals surface area contributed by atoms with E-state index >= 15 is 0 Å². The van der Waals surface area contributed by atoms with Gasteiger partial charge in [-0.05, 0) is 58.7 Å². The zero-order valence-electron chi connectivity index (χ0n) is 22.1. The van der Waals surface area contributed by atoms with Crippen LogP contribution in [0, 0.1) is 0 Å². The van der Waals surface area contributed by atoms with E-state index in [0.29, 0.717) is 45.8 Å². The molecule has 5 aromatic rings. The Morgan fingerprint density at radius 1 is 1.02 bits per heavy atom. The predicted octanol–water partition coefficient (Wildman–Crippen LogP) is 5.49. The summed E-state index contributed by atoms with van der Waals surface area (Å²) in [6.45, 7) is 0. The van der Waals surface area contributed by atoms with Crippen LogP contribution in [0.2, 0.25) is 10.2 Å². The second-order valence-electron chi connectivity index (χ2n) is 9.42. The van der Waals surface area contributed by atoms with Crippen LogP contribution in [0.1, 0.15) is 35.0 Å². The monoisotopic (exact) mass is 601 g/mol. The summed E-state index contributed by atoms with van der Waals surface area (Å²) < 4.78 is 1.48. The number of imidazole rings is 1. The molecule has 0 saturated heterocycles. The number of carbonyl (C=O) groups is 2. The number of benzene rings is 3. The molecule has 0 fully saturated rings. The van der Waals surface area contributed by atoms with Crippen LogP contribution in [0.15, 0.2) is 85.2 Å². The number of carboxylic acids is 1. The van der Waals surface area contributed by atoms with Gasteiger partial charge in [0.05, 0.1) is 11.7 Å². The second-order valence-corrected chi connectivity index (χ2v) is 10.2. The molecule has 42 heavy (non-hydrogen) atoms. The highest BCUT2D eigenvalue weighted by molar-refractivity contribution is 6.32. The minimum Gasteiger partial charge on any atom is -0.481 e. The normalized spacial score (nSPS) is 12.0. The topological polar surface area (TPSA) is 139 Å². The lowest BCUT2D eigenvalue weighted by molar-refractivity contribution is -0.137. The molecule has 2 aromatic heterocycles. The molecule has 0 unspecified atom stereocenters. The number of nitrogens with one attached hydrogen (secondary N) is 2. The van der Waals surface area contributed by atoms with E-state index in [1.54, 1.807) is 24.3 Å². The zero-order chi connectivity index (χ0) is 29.5. The van der Waals surface area contributed by atoms with Gasteiger partial charge in [-0.3, -0.25) is 9.59 Å². The summed E-state index contributed by atoms with van der Waals surface area (Å²) in [4.78, 5) is 32.0. The number of amides is 1. The molecule has 0 aliphatic rings. The lowest BCUT2D eigenvalue weighted by atomic mass is 10.0. The number of hydrogen-bond acceptors (Lipinski definition) is 6. The minimum atomic E-state index is -0.846. The molecule has 212 valence electrons. The van der Waals surface area contributed by atoms with Crippen molar-refractivity contribution in [3.8, 4) is 16.9 Å². The van der Waals surface area contributed by atoms with E-state index in [4.69, 9.17) is 33.3 Å². The van der Waals surface area contributed by atoms with Gasteiger partial charge in [-0.2, -0.15) is 4.68 Å². The molecular formula is C30H25Cl2N7O3. The first-order valence-electron chi connectivity index (χ1n) is 13.0. The molecule has 2 heterocycles. The summed E-state index contributed by atoms with van der Waals surface area (Å²) in [5, 5.41) is 24.1. The van der Waals surface area contributed by atoms with Gasteiger partial charge in [0.2, 0.25) is 5.91 Å². The Labute approximate surface area is 251 Å². The number of aromatic nitrogens is 6. The molecule has 0 spiro atoms. The zero-order valence-corrected chi connectivity index (χ0v) is 23.6. The van der Waals surface area contributed by atoms with Crippen molar-refractivity contribution in [2.24, 2.45) is 0 Å². The molecule has 3 N–H and O–H groups in total. The number of halogens is 2. The predicted molar refractivity (Wildman–Crippen MR) is 159 cm³/mol. The van der Waals surface area contributed by atoms with Crippen molar-refractivity contribution in [2.75, 3.05) is 0 Å². The van der Waals surface area contributed by atoms with Crippen LogP contribution in [-0.4, -0.2) is 47.2 Å². The highest BCUT2D eigenvalue weighted by atomic mass is 35.5. The van der Waals surface area contributed by atoms with Crippen LogP contribution >= 0.6 is 23.2 Å². The quantitative estimate of drug-likeness (QED) is 0.170. The van der Waals surface area contributed by atoms with E-state index in [-0.39, 0.29) is 12.3 Å². The Balaban J connectivity index is 1.38. The maximum absolute atomic E-state index is 13.2. The maximum Gasteiger partial charge on any atom is 0.303 e. The molecule has 10 nitrogen and oxygen atoms in total. The summed E-state index contributed by atoms with van der Waals surface area (Å²) in [7, 11) is 0. The first-order chi connectivity index (χ1) is 20.4. The fourth-order valence-corrected chi connectivity index (χ4v) is 4.83. The number of nitrogens with zero attached hydrogens (tertiary/aromatic N) is 5. The number of aliphatic carboxylic acids is 1. The fourth-order valence-electron chi connectivity index (χ4n) is 4.40. The summed E-state index contributed by atoms with van der Waals surface area (Å²) in [6, 6.07) is 21.8. The van der Waals surface area contributed by atoms with Crippen molar-refractivity contribution in [3.05, 3.63) is 118 Å². The number of H-pyrrole nitrogens is 1. The summed E-state index contributed by atoms with van der Waals surface area (Å²) >= 11 is 12.8. The van der Waals surface area contributed by atoms with E-state index in [9.17, 15) is 9.59 Å². The molecule has 0 radical (unpaired) electrons. The average molecular weight is 602 g/mol. The van der Waals surface area contributed by atoms with Crippen LogP contribution in [0.3, 0.4) is 0 Å². The standard InChI is InChI=1S/C30H25Cl2N7O3/c31-23-12-13-25(39-18-33-37-38-39)22(17-23)11-14-26(40)34-24(16-20-4-2-1-3-5-20)30-35-28(29(32)36-30)21-9-6-19(7-10-21)8-15-27(41)42/h1-7,9-14,17-18,24H,8,15-16H2,(H,34,40)(H,35,36)(H,41,42)/b14-11+/t24-/m0/s1. The largest absolute Gasteiger partial charge is 0.481 e. The molecular weight excluding hydrogens is 577 g/mol. The van der Waals surface area contributed by atoms with Crippen molar-refractivity contribution in [3.63, 3.8) is 0 Å². The van der Waals surface area contributed by atoms with E-state index < -0.39 is 12.0 Å². The van der Waals surface area contributed by atoms with Crippen LogP contribution in [0.25, 0.3) is 23.0 Å². The SMILES string of the molecule is O=C(O)CCc1ccc(-c2nc([C@H](Cc3ccccc3)NC(=O)/C=C/c3cc(Cl)ccc3-n3cnnn3)[nH]c2Cl)cc1. The van der Waals surface area contributed by atoms with Gasteiger partial charge < -0.3 is 15.4 Å². The van der Waals surface area contributed by atoms with Gasteiger partial charge in [0.15, 0.2) is 0 Å². The Kier molecular flexibility index (Phi) is 9.05. The molecule has 0 bridgehead atoms. The summed E-state index contributed by atoms with van der Waals surface area (Å²) in [6.07, 6.45) is 5.46. The van der Waals surface area contributed by atoms with Crippen molar-refractivity contribution in [2.45, 2.75) is 25.3 Å². The average Bonchev–Trinajstić information content (AvgIpc) is 3.66. The number of aryl methyl sites for hydroxylation is 1. The van der Waals surface area contributed by atoms with Crippen molar-refractivity contribution < 1.29 is 14.7 Å². The Morgan fingerprint density at radius 3 is 2.52 bits per heavy atom. The Morgan fingerprint density at radius 2 is 1.81 bits per heavy atom. The molecule has 0 aliphatic heterocycles. The van der Waals surface area contributed by atoms with Crippen LogP contribution in [0.4, 0.5) is 0 Å². The highest BCUT2D eigenvalue weighted by Gasteiger charge is 2.21. The molecule has 5 rings (SSSR count). The minimum absolute atomic E-state index is 0.0538. The smallest absolute Gasteiger partial charge is 0.303 e. The summed E-state index contributed by atoms with van der Waals surface area (Å²) in [5.74, 6) is -0.705. The Hall–Kier alpha value is -4.80. The molecule has 0 aliphatic carbocycles. The maximum atomic E-state index is 13.2. The van der Waals surface area contributed by atoms with E-state index in [2.05, 4.69) is 25.8 Å². The van der Waals surface area contributed by atoms with Gasteiger partial charge in [0, 0.05) is 28.6 Å². The van der Waals surface area contributed by atoms with Crippen LogP contribution in [-0.2, 0) is 22.4 Å². The number of tetrazole rings is 1. The molecule has 1 amide bonds. The van der Waals surface area contributed by atoms with Crippen molar-refractivity contribution >= 4 is 41.2 Å². The van der Waals surface area contributed by atoms with Gasteiger partial charge in [0.25, 0.3) is 0 Å². The van der Waals surface area contributed by atoms with E-state index in [1.807, 2.05) is 54.6 Å². The molecule has 12 heteroatoms. The van der Waals surface area contributed by atoms with Gasteiger partial charge in [-0.25, -0.2) is 4.98 Å². The fraction of sp³-hybridized carbons (Fsp3) is 0.133. The second kappa shape index (κ2) is 13.2. The summed E-state index contributed by atoms with van der Waals surface area (Å²) in [5.41, 5.74) is 4.51. The van der Waals surface area contributed by atoms with Gasteiger partial charge in [0.1, 0.15) is 23.0 Å². The van der Waals surface area contributed by atoms with Crippen LogP contribution in [0.5, 0.6) is 0 Å². The third-order valence-electron chi connectivity index (χ3n) is 6.46. The van der Waals surface area contributed by atoms with Gasteiger partial charge in [-0.15, -0.1) is 5.10 Å². The number of carboxylic acid groups (broad SMARTS) is 1. The number of rotatable bonds is 11. The van der Waals surface area contributed by atoms with E-state index in [0.717, 1.165) is 16.7 Å². The number of carbonyl (C=O) groups excluding carboxylic acids is 1. The molecule has 0 saturated carbocycles.